The predicted octanol–water partition coefficient (Wildman–Crippen LogP) is 0.825. The number of hydrogen-bond donors (Lipinski definition) is 2. The highest BCUT2D eigenvalue weighted by Gasteiger charge is 2.37. The zero-order chi connectivity index (χ0) is 17.1. The van der Waals surface area contributed by atoms with Gasteiger partial charge in [-0.1, -0.05) is 0 Å². The van der Waals surface area contributed by atoms with E-state index in [1.54, 1.807) is 0 Å². The summed E-state index contributed by atoms with van der Waals surface area (Å²) in [6.07, 6.45) is -1.34. The Kier molecular flexibility index (Phi) is 4.50. The average molecular weight is 324 g/mol. The van der Waals surface area contributed by atoms with E-state index in [1.807, 2.05) is 0 Å². The average Bonchev–Trinajstić information content (AvgIpc) is 2.84. The van der Waals surface area contributed by atoms with E-state index in [4.69, 9.17) is 0 Å². The van der Waals surface area contributed by atoms with Crippen molar-refractivity contribution < 1.29 is 24.5 Å². The lowest BCUT2D eigenvalue weighted by Gasteiger charge is -2.10. The number of nitrogens with one attached hydrogen (secondary N) is 1. The summed E-state index contributed by atoms with van der Waals surface area (Å²) in [5, 5.41) is 35.1. The number of benzene rings is 1. The van der Waals surface area contributed by atoms with E-state index in [-0.39, 0.29) is 12.3 Å². The van der Waals surface area contributed by atoms with E-state index in [2.05, 4.69) is 15.3 Å². The van der Waals surface area contributed by atoms with E-state index in [9.17, 15) is 30.1 Å². The number of ether oxygens (including phenoxy) is 1. The van der Waals surface area contributed by atoms with Gasteiger partial charge in [0.2, 0.25) is 0 Å². The highest BCUT2D eigenvalue weighted by Crippen LogP contribution is 2.29. The number of carbonyl (C=O) groups excluding carboxylic acids is 1. The minimum Gasteiger partial charge on any atom is -0.463 e. The summed E-state index contributed by atoms with van der Waals surface area (Å²) in [5.41, 5.74) is 1.72. The Balaban J connectivity index is 2.22. The molecule has 1 aliphatic heterocycles. The van der Waals surface area contributed by atoms with Crippen molar-refractivity contribution in [2.45, 2.75) is 13.0 Å². The molecule has 11 heteroatoms. The van der Waals surface area contributed by atoms with E-state index in [1.165, 1.54) is 6.92 Å². The number of hydrazone groups is 1. The molecule has 0 spiro atoms. The first-order valence-corrected chi connectivity index (χ1v) is 6.39. The number of aliphatic hydroxyl groups is 1. The molecule has 0 radical (unpaired) electrons. The van der Waals surface area contributed by atoms with Crippen molar-refractivity contribution in [1.82, 2.24) is 0 Å². The van der Waals surface area contributed by atoms with Crippen molar-refractivity contribution >= 4 is 28.7 Å². The third kappa shape index (κ3) is 3.40. The van der Waals surface area contributed by atoms with Crippen LogP contribution in [0.2, 0.25) is 0 Å². The van der Waals surface area contributed by atoms with Gasteiger partial charge in [-0.15, -0.1) is 0 Å². The molecule has 0 amide bonds. The van der Waals surface area contributed by atoms with Gasteiger partial charge in [-0.3, -0.25) is 25.7 Å². The summed E-state index contributed by atoms with van der Waals surface area (Å²) in [4.78, 5) is 31.2. The first-order valence-electron chi connectivity index (χ1n) is 6.39. The molecular formula is C12H12N4O7. The Bertz CT molecular complexity index is 703. The Labute approximate surface area is 128 Å². The fourth-order valence-corrected chi connectivity index (χ4v) is 1.97. The standard InChI is InChI=1S/C12H12N4O7/c1-6(8-5-23-12(18)11(8)17)13-14-9-3-2-7(15(19)20)4-10(9)16(21)22/h2-4,8,11,14,17H,5H2,1H3/b13-6-. The number of nitro benzene ring substituents is 2. The number of aliphatic hydroxyl groups excluding tert-OH is 1. The molecule has 0 bridgehead atoms. The number of anilines is 1. The molecule has 122 valence electrons. The highest BCUT2D eigenvalue weighted by molar-refractivity contribution is 5.92. The summed E-state index contributed by atoms with van der Waals surface area (Å²) in [6, 6.07) is 3.06. The van der Waals surface area contributed by atoms with Crippen molar-refractivity contribution in [1.29, 1.82) is 0 Å². The molecule has 23 heavy (non-hydrogen) atoms. The normalized spacial score (nSPS) is 21.0. The van der Waals surface area contributed by atoms with Gasteiger partial charge in [0.25, 0.3) is 5.69 Å². The zero-order valence-corrected chi connectivity index (χ0v) is 11.8. The summed E-state index contributed by atoms with van der Waals surface area (Å²) in [5.74, 6) is -1.42. The largest absolute Gasteiger partial charge is 0.463 e. The third-order valence-electron chi connectivity index (χ3n) is 3.31. The second-order valence-corrected chi connectivity index (χ2v) is 4.76. The van der Waals surface area contributed by atoms with Gasteiger partial charge in [-0.25, -0.2) is 4.79 Å². The minimum absolute atomic E-state index is 0.0423. The molecule has 0 saturated carbocycles. The molecular weight excluding hydrogens is 312 g/mol. The van der Waals surface area contributed by atoms with Gasteiger partial charge in [-0.2, -0.15) is 5.10 Å². The molecule has 1 fully saturated rings. The number of nitrogens with zero attached hydrogens (tertiary/aromatic N) is 3. The lowest BCUT2D eigenvalue weighted by atomic mass is 10.0. The number of non-ortho nitro benzene ring substituents is 1. The number of esters is 1. The molecule has 11 nitrogen and oxygen atoms in total. The van der Waals surface area contributed by atoms with Gasteiger partial charge in [0, 0.05) is 11.8 Å². The predicted molar refractivity (Wildman–Crippen MR) is 76.9 cm³/mol. The van der Waals surface area contributed by atoms with Gasteiger partial charge in [-0.05, 0) is 13.0 Å². The van der Waals surface area contributed by atoms with Gasteiger partial charge < -0.3 is 9.84 Å². The minimum atomic E-state index is -1.34. The Morgan fingerprint density at radius 2 is 2.09 bits per heavy atom. The number of rotatable bonds is 5. The van der Waals surface area contributed by atoms with Gasteiger partial charge in [0.05, 0.1) is 21.8 Å². The van der Waals surface area contributed by atoms with Crippen LogP contribution in [0.1, 0.15) is 6.92 Å². The lowest BCUT2D eigenvalue weighted by Crippen LogP contribution is -2.27. The smallest absolute Gasteiger partial charge is 0.335 e. The van der Waals surface area contributed by atoms with Crippen molar-refractivity contribution in [3.63, 3.8) is 0 Å². The van der Waals surface area contributed by atoms with E-state index in [0.717, 1.165) is 18.2 Å². The second kappa shape index (κ2) is 6.36. The SMILES string of the molecule is C/C(=N/Nc1ccc([N+](=O)[O-])cc1[N+](=O)[O-])C1COC(=O)C1O. The van der Waals surface area contributed by atoms with Crippen LogP contribution in [0.3, 0.4) is 0 Å². The maximum absolute atomic E-state index is 11.1. The third-order valence-corrected chi connectivity index (χ3v) is 3.31. The topological polar surface area (TPSA) is 157 Å². The summed E-state index contributed by atoms with van der Waals surface area (Å²) in [7, 11) is 0. The number of hydrogen-bond acceptors (Lipinski definition) is 9. The molecule has 0 aromatic heterocycles. The van der Waals surface area contributed by atoms with E-state index in [0.29, 0.717) is 5.71 Å². The number of nitro groups is 2. The Morgan fingerprint density at radius 1 is 1.39 bits per heavy atom. The summed E-state index contributed by atoms with van der Waals surface area (Å²) >= 11 is 0. The van der Waals surface area contributed by atoms with Crippen LogP contribution in [0, 0.1) is 26.1 Å². The number of carbonyl (C=O) groups is 1. The van der Waals surface area contributed by atoms with Crippen molar-refractivity contribution in [2.75, 3.05) is 12.0 Å². The first-order chi connectivity index (χ1) is 10.8. The van der Waals surface area contributed by atoms with Gasteiger partial charge >= 0.3 is 11.7 Å². The fraction of sp³-hybridized carbons (Fsp3) is 0.333. The van der Waals surface area contributed by atoms with Crippen molar-refractivity contribution in [2.24, 2.45) is 11.0 Å². The quantitative estimate of drug-likeness (QED) is 0.349. The van der Waals surface area contributed by atoms with Crippen molar-refractivity contribution in [3.05, 3.63) is 38.4 Å². The molecule has 2 unspecified atom stereocenters. The Hall–Kier alpha value is -3.08. The molecule has 2 rings (SSSR count). The molecule has 1 aliphatic rings. The Morgan fingerprint density at radius 3 is 2.61 bits per heavy atom. The molecule has 0 aliphatic carbocycles. The maximum Gasteiger partial charge on any atom is 0.335 e. The molecule has 1 saturated heterocycles. The number of cyclic esters (lactones) is 1. The second-order valence-electron chi connectivity index (χ2n) is 4.76. The van der Waals surface area contributed by atoms with Crippen molar-refractivity contribution in [3.8, 4) is 0 Å². The highest BCUT2D eigenvalue weighted by atomic mass is 16.6. The summed E-state index contributed by atoms with van der Waals surface area (Å²) in [6.45, 7) is 1.47. The molecule has 2 N–H and O–H groups in total. The molecule has 1 aromatic rings. The maximum atomic E-state index is 11.1. The lowest BCUT2D eigenvalue weighted by molar-refractivity contribution is -0.393. The van der Waals surface area contributed by atoms with Crippen LogP contribution in [0.15, 0.2) is 23.3 Å². The van der Waals surface area contributed by atoms with Gasteiger partial charge in [0.15, 0.2) is 6.10 Å². The van der Waals surface area contributed by atoms with Crippen LogP contribution in [0.4, 0.5) is 17.1 Å². The van der Waals surface area contributed by atoms with Crippen LogP contribution < -0.4 is 5.43 Å². The van der Waals surface area contributed by atoms with Crippen LogP contribution in [0.25, 0.3) is 0 Å². The molecule has 1 aromatic carbocycles. The fourth-order valence-electron chi connectivity index (χ4n) is 1.97. The van der Waals surface area contributed by atoms with Crippen LogP contribution >= 0.6 is 0 Å². The monoisotopic (exact) mass is 324 g/mol. The first kappa shape index (κ1) is 16.3. The van der Waals surface area contributed by atoms with Crippen LogP contribution in [-0.4, -0.2) is 39.3 Å². The molecule has 2 atom stereocenters. The molecule has 1 heterocycles. The summed E-state index contributed by atoms with van der Waals surface area (Å²) < 4.78 is 4.67. The van der Waals surface area contributed by atoms with Crippen LogP contribution in [0.5, 0.6) is 0 Å². The van der Waals surface area contributed by atoms with Gasteiger partial charge in [0.1, 0.15) is 12.3 Å². The zero-order valence-electron chi connectivity index (χ0n) is 11.8. The van der Waals surface area contributed by atoms with Crippen LogP contribution in [-0.2, 0) is 9.53 Å². The van der Waals surface area contributed by atoms with E-state index < -0.39 is 39.2 Å². The van der Waals surface area contributed by atoms with E-state index >= 15 is 0 Å².